The van der Waals surface area contributed by atoms with Crippen molar-refractivity contribution in [2.45, 2.75) is 19.4 Å². The molecule has 1 N–H and O–H groups in total. The van der Waals surface area contributed by atoms with Crippen LogP contribution in [-0.2, 0) is 6.54 Å². The first-order chi connectivity index (χ1) is 14.7. The second-order valence-electron chi connectivity index (χ2n) is 7.64. The molecule has 1 aliphatic rings. The van der Waals surface area contributed by atoms with Crippen LogP contribution < -0.4 is 5.56 Å². The number of hydrogen-bond acceptors (Lipinski definition) is 4. The minimum atomic E-state index is -0.122. The SMILES string of the molecule is O=C(c1cccc2[nH]ccc12)N1CCC(Cn2nc(-n3cccn3)ccc2=O)CC1. The van der Waals surface area contributed by atoms with Crippen LogP contribution in [0.25, 0.3) is 16.7 Å². The van der Waals surface area contributed by atoms with E-state index in [-0.39, 0.29) is 11.5 Å². The summed E-state index contributed by atoms with van der Waals surface area (Å²) in [6, 6.07) is 12.7. The maximum absolute atomic E-state index is 13.0. The molecule has 1 amide bonds. The Morgan fingerprint density at radius 1 is 1.10 bits per heavy atom. The van der Waals surface area contributed by atoms with Crippen LogP contribution >= 0.6 is 0 Å². The fourth-order valence-corrected chi connectivity index (χ4v) is 4.10. The van der Waals surface area contributed by atoms with Crippen molar-refractivity contribution in [3.63, 3.8) is 0 Å². The number of carbonyl (C=O) groups excluding carboxylic acids is 1. The Labute approximate surface area is 172 Å². The first kappa shape index (κ1) is 18.4. The molecule has 0 unspecified atom stereocenters. The Hall–Kier alpha value is -3.68. The summed E-state index contributed by atoms with van der Waals surface area (Å²) in [7, 11) is 0. The molecule has 8 nitrogen and oxygen atoms in total. The molecule has 0 bridgehead atoms. The van der Waals surface area contributed by atoms with Crippen LogP contribution in [0.1, 0.15) is 23.2 Å². The number of aromatic nitrogens is 5. The van der Waals surface area contributed by atoms with Gasteiger partial charge in [0.15, 0.2) is 5.82 Å². The molecule has 0 radical (unpaired) electrons. The van der Waals surface area contributed by atoms with Crippen molar-refractivity contribution < 1.29 is 4.79 Å². The van der Waals surface area contributed by atoms with E-state index in [0.717, 1.165) is 29.3 Å². The van der Waals surface area contributed by atoms with Gasteiger partial charge in [-0.25, -0.2) is 9.36 Å². The van der Waals surface area contributed by atoms with Crippen molar-refractivity contribution in [2.75, 3.05) is 13.1 Å². The number of H-pyrrole nitrogens is 1. The van der Waals surface area contributed by atoms with Crippen LogP contribution in [0.15, 0.2) is 65.8 Å². The highest BCUT2D eigenvalue weighted by molar-refractivity contribution is 6.06. The lowest BCUT2D eigenvalue weighted by Gasteiger charge is -2.32. The van der Waals surface area contributed by atoms with Gasteiger partial charge < -0.3 is 9.88 Å². The molecule has 1 aliphatic heterocycles. The van der Waals surface area contributed by atoms with E-state index in [2.05, 4.69) is 15.2 Å². The fourth-order valence-electron chi connectivity index (χ4n) is 4.10. The Kier molecular flexibility index (Phi) is 4.66. The zero-order valence-electron chi connectivity index (χ0n) is 16.4. The molecule has 1 aromatic carbocycles. The zero-order chi connectivity index (χ0) is 20.5. The molecule has 1 fully saturated rings. The summed E-state index contributed by atoms with van der Waals surface area (Å²) >= 11 is 0. The van der Waals surface area contributed by atoms with Gasteiger partial charge in [0.25, 0.3) is 11.5 Å². The second kappa shape index (κ2) is 7.62. The summed E-state index contributed by atoms with van der Waals surface area (Å²) in [5.74, 6) is 0.983. The van der Waals surface area contributed by atoms with Gasteiger partial charge in [0.1, 0.15) is 0 Å². The van der Waals surface area contributed by atoms with E-state index >= 15 is 0 Å². The van der Waals surface area contributed by atoms with Crippen LogP contribution in [0.4, 0.5) is 0 Å². The van der Waals surface area contributed by atoms with Crippen molar-refractivity contribution in [3.05, 3.63) is 77.0 Å². The molecule has 4 aromatic rings. The smallest absolute Gasteiger partial charge is 0.266 e. The normalized spacial score (nSPS) is 15.0. The van der Waals surface area contributed by atoms with Crippen molar-refractivity contribution in [1.29, 1.82) is 0 Å². The molecule has 0 saturated carbocycles. The third-order valence-electron chi connectivity index (χ3n) is 5.75. The first-order valence-corrected chi connectivity index (χ1v) is 10.1. The van der Waals surface area contributed by atoms with Gasteiger partial charge in [0.2, 0.25) is 0 Å². The van der Waals surface area contributed by atoms with Gasteiger partial charge in [0, 0.05) is 60.8 Å². The summed E-state index contributed by atoms with van der Waals surface area (Å²) < 4.78 is 3.15. The first-order valence-electron chi connectivity index (χ1n) is 10.1. The van der Waals surface area contributed by atoms with E-state index in [1.54, 1.807) is 23.1 Å². The maximum Gasteiger partial charge on any atom is 0.266 e. The van der Waals surface area contributed by atoms with Gasteiger partial charge in [-0.05, 0) is 49.1 Å². The summed E-state index contributed by atoms with van der Waals surface area (Å²) in [5, 5.41) is 9.59. The lowest BCUT2D eigenvalue weighted by atomic mass is 9.96. The quantitative estimate of drug-likeness (QED) is 0.568. The molecule has 0 atom stereocenters. The highest BCUT2D eigenvalue weighted by Crippen LogP contribution is 2.23. The average Bonchev–Trinajstić information content (AvgIpc) is 3.47. The predicted octanol–water partition coefficient (Wildman–Crippen LogP) is 2.46. The Morgan fingerprint density at radius 2 is 1.97 bits per heavy atom. The monoisotopic (exact) mass is 402 g/mol. The van der Waals surface area contributed by atoms with Crippen molar-refractivity contribution in [3.8, 4) is 5.82 Å². The van der Waals surface area contributed by atoms with E-state index in [9.17, 15) is 9.59 Å². The molecule has 3 aromatic heterocycles. The molecule has 30 heavy (non-hydrogen) atoms. The van der Waals surface area contributed by atoms with E-state index in [0.29, 0.717) is 31.4 Å². The van der Waals surface area contributed by atoms with Crippen LogP contribution in [-0.4, -0.2) is 48.4 Å². The third-order valence-corrected chi connectivity index (χ3v) is 5.75. The van der Waals surface area contributed by atoms with Gasteiger partial charge in [-0.1, -0.05) is 6.07 Å². The Morgan fingerprint density at radius 3 is 2.77 bits per heavy atom. The van der Waals surface area contributed by atoms with Gasteiger partial charge in [0.05, 0.1) is 0 Å². The molecular weight excluding hydrogens is 380 g/mol. The standard InChI is InChI=1S/C22H22N6O2/c29-21-6-5-20(27-12-2-10-24-27)25-28(21)15-16-8-13-26(14-9-16)22(30)18-3-1-4-19-17(18)7-11-23-19/h1-7,10-12,16,23H,8-9,13-15H2. The number of fused-ring (bicyclic) bond motifs is 1. The van der Waals surface area contributed by atoms with Gasteiger partial charge >= 0.3 is 0 Å². The van der Waals surface area contributed by atoms with E-state index in [4.69, 9.17) is 0 Å². The summed E-state index contributed by atoms with van der Waals surface area (Å²) in [5.41, 5.74) is 1.58. The number of amides is 1. The number of rotatable bonds is 4. The molecule has 0 spiro atoms. The largest absolute Gasteiger partial charge is 0.361 e. The zero-order valence-corrected chi connectivity index (χ0v) is 16.4. The van der Waals surface area contributed by atoms with E-state index in [1.165, 1.54) is 10.7 Å². The van der Waals surface area contributed by atoms with Crippen molar-refractivity contribution >= 4 is 16.8 Å². The molecule has 5 rings (SSSR count). The topological polar surface area (TPSA) is 88.8 Å². The number of piperidine rings is 1. The van der Waals surface area contributed by atoms with Crippen molar-refractivity contribution in [1.82, 2.24) is 29.4 Å². The number of hydrogen-bond donors (Lipinski definition) is 1. The second-order valence-corrected chi connectivity index (χ2v) is 7.64. The van der Waals surface area contributed by atoms with Crippen LogP contribution in [0, 0.1) is 5.92 Å². The summed E-state index contributed by atoms with van der Waals surface area (Å²) in [4.78, 5) is 30.4. The third kappa shape index (κ3) is 3.41. The minimum absolute atomic E-state index is 0.0645. The van der Waals surface area contributed by atoms with Crippen LogP contribution in [0.5, 0.6) is 0 Å². The molecule has 1 saturated heterocycles. The highest BCUT2D eigenvalue weighted by atomic mass is 16.2. The number of aromatic amines is 1. The number of likely N-dealkylation sites (tertiary alicyclic amines) is 1. The number of nitrogens with one attached hydrogen (secondary N) is 1. The Balaban J connectivity index is 1.27. The van der Waals surface area contributed by atoms with E-state index in [1.807, 2.05) is 41.4 Å². The van der Waals surface area contributed by atoms with Gasteiger partial charge in [-0.3, -0.25) is 9.59 Å². The fraction of sp³-hybridized carbons (Fsp3) is 0.273. The minimum Gasteiger partial charge on any atom is -0.361 e. The van der Waals surface area contributed by atoms with Gasteiger partial charge in [-0.2, -0.15) is 5.10 Å². The number of nitrogens with zero attached hydrogens (tertiary/aromatic N) is 5. The Bertz CT molecular complexity index is 1230. The number of carbonyl (C=O) groups is 1. The lowest BCUT2D eigenvalue weighted by Crippen LogP contribution is -2.40. The van der Waals surface area contributed by atoms with Crippen LogP contribution in [0.3, 0.4) is 0 Å². The van der Waals surface area contributed by atoms with E-state index < -0.39 is 0 Å². The van der Waals surface area contributed by atoms with Gasteiger partial charge in [-0.15, -0.1) is 5.10 Å². The lowest BCUT2D eigenvalue weighted by molar-refractivity contribution is 0.0682. The molecule has 0 aliphatic carbocycles. The molecule has 152 valence electrons. The maximum atomic E-state index is 13.0. The molecular formula is C22H22N6O2. The summed E-state index contributed by atoms with van der Waals surface area (Å²) in [6.07, 6.45) is 7.02. The van der Waals surface area contributed by atoms with Crippen molar-refractivity contribution in [2.24, 2.45) is 5.92 Å². The summed E-state index contributed by atoms with van der Waals surface area (Å²) in [6.45, 7) is 1.90. The predicted molar refractivity (Wildman–Crippen MR) is 113 cm³/mol. The number of benzene rings is 1. The molecule has 8 heteroatoms. The van der Waals surface area contributed by atoms with Crippen LogP contribution in [0.2, 0.25) is 0 Å². The highest BCUT2D eigenvalue weighted by Gasteiger charge is 2.25. The molecule has 4 heterocycles. The average molecular weight is 402 g/mol.